The highest BCUT2D eigenvalue weighted by Crippen LogP contribution is 2.07. The number of methoxy groups -OCH3 is 1. The Morgan fingerprint density at radius 1 is 1.33 bits per heavy atom. The third-order valence-electron chi connectivity index (χ3n) is 2.56. The summed E-state index contributed by atoms with van der Waals surface area (Å²) >= 11 is 0. The molecule has 0 aromatic carbocycles. The van der Waals surface area contributed by atoms with Crippen molar-refractivity contribution >= 4 is 11.8 Å². The van der Waals surface area contributed by atoms with Crippen molar-refractivity contribution in [2.45, 2.75) is 33.1 Å². The van der Waals surface area contributed by atoms with Crippen LogP contribution in [0.3, 0.4) is 0 Å². The quantitative estimate of drug-likeness (QED) is 0.596. The summed E-state index contributed by atoms with van der Waals surface area (Å²) in [6.45, 7) is 5.33. The normalized spacial score (nSPS) is 10.4. The van der Waals surface area contributed by atoms with E-state index in [4.69, 9.17) is 0 Å². The molecule has 5 nitrogen and oxygen atoms in total. The molecule has 0 aliphatic rings. The minimum atomic E-state index is -0.467. The Labute approximate surface area is 108 Å². The molecule has 1 heterocycles. The molecule has 0 unspecified atom stereocenters. The van der Waals surface area contributed by atoms with Gasteiger partial charge in [-0.15, -0.1) is 0 Å². The molecular weight excluding hydrogens is 230 g/mol. The maximum Gasteiger partial charge on any atom is 0.358 e. The molecule has 100 valence electrons. The molecule has 1 N–H and O–H groups in total. The molecule has 0 fully saturated rings. The van der Waals surface area contributed by atoms with Gasteiger partial charge >= 0.3 is 5.97 Å². The van der Waals surface area contributed by atoms with Crippen LogP contribution in [0, 0.1) is 5.92 Å². The van der Waals surface area contributed by atoms with Gasteiger partial charge in [0.1, 0.15) is 5.82 Å². The predicted molar refractivity (Wildman–Crippen MR) is 70.6 cm³/mol. The molecule has 5 heteroatoms. The van der Waals surface area contributed by atoms with Crippen LogP contribution >= 0.6 is 0 Å². The van der Waals surface area contributed by atoms with Crippen molar-refractivity contribution in [1.29, 1.82) is 0 Å². The van der Waals surface area contributed by atoms with Gasteiger partial charge in [-0.25, -0.2) is 14.8 Å². The van der Waals surface area contributed by atoms with Crippen LogP contribution in [0.5, 0.6) is 0 Å². The molecule has 0 aliphatic heterocycles. The number of ether oxygens (including phenoxy) is 1. The fourth-order valence-electron chi connectivity index (χ4n) is 1.52. The fraction of sp³-hybridized carbons (Fsp3) is 0.615. The zero-order chi connectivity index (χ0) is 13.4. The van der Waals surface area contributed by atoms with Gasteiger partial charge in [-0.2, -0.15) is 0 Å². The fourth-order valence-corrected chi connectivity index (χ4v) is 1.52. The summed E-state index contributed by atoms with van der Waals surface area (Å²) in [5.74, 6) is 0.974. The molecule has 0 atom stereocenters. The number of anilines is 1. The maximum atomic E-state index is 11.1. The molecule has 18 heavy (non-hydrogen) atoms. The molecule has 1 aromatic rings. The molecule has 0 saturated heterocycles. The Bertz CT molecular complexity index is 363. The lowest BCUT2D eigenvalue weighted by Crippen LogP contribution is -2.08. The average molecular weight is 251 g/mol. The largest absolute Gasteiger partial charge is 0.464 e. The van der Waals surface area contributed by atoms with Crippen molar-refractivity contribution in [3.05, 3.63) is 18.1 Å². The van der Waals surface area contributed by atoms with Gasteiger partial charge in [0, 0.05) is 6.54 Å². The second-order valence-corrected chi connectivity index (χ2v) is 4.59. The van der Waals surface area contributed by atoms with Crippen molar-refractivity contribution in [2.24, 2.45) is 5.92 Å². The third kappa shape index (κ3) is 5.12. The Morgan fingerprint density at radius 2 is 2.11 bits per heavy atom. The standard InChI is InChI=1S/C13H21N3O2/c1-10(2)6-4-5-7-14-12-9-15-11(8-16-12)13(17)18-3/h8-10H,4-7H2,1-3H3,(H,14,16). The van der Waals surface area contributed by atoms with Gasteiger partial charge in [-0.3, -0.25) is 0 Å². The molecule has 0 bridgehead atoms. The van der Waals surface area contributed by atoms with Crippen LogP contribution in [0.4, 0.5) is 5.82 Å². The van der Waals surface area contributed by atoms with Crippen LogP contribution in [0.15, 0.2) is 12.4 Å². The lowest BCUT2D eigenvalue weighted by atomic mass is 10.1. The number of esters is 1. The number of hydrogen-bond acceptors (Lipinski definition) is 5. The molecule has 1 rings (SSSR count). The molecule has 0 spiro atoms. The van der Waals surface area contributed by atoms with Gasteiger partial charge in [0.15, 0.2) is 5.69 Å². The minimum Gasteiger partial charge on any atom is -0.464 e. The van der Waals surface area contributed by atoms with Crippen molar-refractivity contribution in [1.82, 2.24) is 9.97 Å². The number of carbonyl (C=O) groups excluding carboxylic acids is 1. The zero-order valence-electron chi connectivity index (χ0n) is 11.3. The molecule has 0 amide bonds. The smallest absolute Gasteiger partial charge is 0.358 e. The molecular formula is C13H21N3O2. The van der Waals surface area contributed by atoms with E-state index in [1.54, 1.807) is 6.20 Å². The molecule has 0 radical (unpaired) electrons. The number of aromatic nitrogens is 2. The van der Waals surface area contributed by atoms with E-state index in [-0.39, 0.29) is 5.69 Å². The van der Waals surface area contributed by atoms with E-state index >= 15 is 0 Å². The molecule has 0 aliphatic carbocycles. The Kier molecular flexibility index (Phi) is 6.11. The number of rotatable bonds is 7. The highest BCUT2D eigenvalue weighted by Gasteiger charge is 2.06. The maximum absolute atomic E-state index is 11.1. The van der Waals surface area contributed by atoms with E-state index in [0.717, 1.165) is 18.9 Å². The Hall–Kier alpha value is -1.65. The summed E-state index contributed by atoms with van der Waals surface area (Å²) in [6.07, 6.45) is 6.53. The van der Waals surface area contributed by atoms with Crippen LogP contribution in [0.2, 0.25) is 0 Å². The molecule has 0 saturated carbocycles. The summed E-state index contributed by atoms with van der Waals surface area (Å²) in [6, 6.07) is 0. The summed E-state index contributed by atoms with van der Waals surface area (Å²) in [5.41, 5.74) is 0.225. The number of nitrogens with zero attached hydrogens (tertiary/aromatic N) is 2. The van der Waals surface area contributed by atoms with Gasteiger partial charge < -0.3 is 10.1 Å². The zero-order valence-corrected chi connectivity index (χ0v) is 11.3. The van der Waals surface area contributed by atoms with Gasteiger partial charge in [-0.1, -0.05) is 26.7 Å². The third-order valence-corrected chi connectivity index (χ3v) is 2.56. The van der Waals surface area contributed by atoms with Gasteiger partial charge in [0.2, 0.25) is 0 Å². The van der Waals surface area contributed by atoms with Crippen molar-refractivity contribution in [3.8, 4) is 0 Å². The Balaban J connectivity index is 2.29. The second-order valence-electron chi connectivity index (χ2n) is 4.59. The summed E-state index contributed by atoms with van der Waals surface area (Å²) in [7, 11) is 1.32. The van der Waals surface area contributed by atoms with Crippen molar-refractivity contribution < 1.29 is 9.53 Å². The van der Waals surface area contributed by atoms with E-state index in [0.29, 0.717) is 5.82 Å². The van der Waals surface area contributed by atoms with Crippen LogP contribution in [-0.2, 0) is 4.74 Å². The first-order valence-electron chi connectivity index (χ1n) is 6.27. The van der Waals surface area contributed by atoms with E-state index in [1.807, 2.05) is 0 Å². The van der Waals surface area contributed by atoms with E-state index in [1.165, 1.54) is 26.1 Å². The lowest BCUT2D eigenvalue weighted by Gasteiger charge is -2.06. The number of hydrogen-bond donors (Lipinski definition) is 1. The van der Waals surface area contributed by atoms with Gasteiger partial charge in [0.25, 0.3) is 0 Å². The Morgan fingerprint density at radius 3 is 2.67 bits per heavy atom. The van der Waals surface area contributed by atoms with Crippen LogP contribution in [0.1, 0.15) is 43.6 Å². The summed E-state index contributed by atoms with van der Waals surface area (Å²) in [4.78, 5) is 19.2. The van der Waals surface area contributed by atoms with E-state index < -0.39 is 5.97 Å². The second kappa shape index (κ2) is 7.63. The highest BCUT2D eigenvalue weighted by atomic mass is 16.5. The SMILES string of the molecule is COC(=O)c1cnc(NCCCCC(C)C)cn1. The first-order chi connectivity index (χ1) is 8.63. The summed E-state index contributed by atoms with van der Waals surface area (Å²) in [5, 5.41) is 3.18. The minimum absolute atomic E-state index is 0.225. The van der Waals surface area contributed by atoms with Crippen molar-refractivity contribution in [3.63, 3.8) is 0 Å². The summed E-state index contributed by atoms with van der Waals surface area (Å²) < 4.78 is 4.55. The highest BCUT2D eigenvalue weighted by molar-refractivity contribution is 5.86. The van der Waals surface area contributed by atoms with Crippen LogP contribution in [-0.4, -0.2) is 29.6 Å². The van der Waals surface area contributed by atoms with Crippen LogP contribution < -0.4 is 5.32 Å². The topological polar surface area (TPSA) is 64.1 Å². The lowest BCUT2D eigenvalue weighted by molar-refractivity contribution is 0.0593. The molecule has 1 aromatic heterocycles. The first-order valence-corrected chi connectivity index (χ1v) is 6.27. The monoisotopic (exact) mass is 251 g/mol. The van der Waals surface area contributed by atoms with Gasteiger partial charge in [0.05, 0.1) is 19.5 Å². The number of carbonyl (C=O) groups is 1. The predicted octanol–water partition coefficient (Wildman–Crippen LogP) is 2.50. The van der Waals surface area contributed by atoms with Crippen LogP contribution in [0.25, 0.3) is 0 Å². The van der Waals surface area contributed by atoms with E-state index in [2.05, 4.69) is 33.9 Å². The van der Waals surface area contributed by atoms with Crippen molar-refractivity contribution in [2.75, 3.05) is 19.0 Å². The first kappa shape index (κ1) is 14.4. The average Bonchev–Trinajstić information content (AvgIpc) is 2.38. The number of nitrogens with one attached hydrogen (secondary N) is 1. The number of unbranched alkanes of at least 4 members (excludes halogenated alkanes) is 1. The van der Waals surface area contributed by atoms with Gasteiger partial charge in [-0.05, 0) is 12.3 Å². The van der Waals surface area contributed by atoms with E-state index in [9.17, 15) is 4.79 Å².